The molecule has 24 heavy (non-hydrogen) atoms. The van der Waals surface area contributed by atoms with Crippen LogP contribution in [0.25, 0.3) is 10.8 Å². The second kappa shape index (κ2) is 6.47. The fraction of sp³-hybridized carbons (Fsp3) is 0.158. The molecular formula is C19H16N2O3. The van der Waals surface area contributed by atoms with Crippen molar-refractivity contribution in [1.29, 1.82) is 5.26 Å². The monoisotopic (exact) mass is 320 g/mol. The molecule has 5 heteroatoms. The van der Waals surface area contributed by atoms with Gasteiger partial charge in [-0.15, -0.1) is 0 Å². The zero-order chi connectivity index (χ0) is 17.1. The normalized spacial score (nSPS) is 10.4. The Morgan fingerprint density at radius 2 is 1.71 bits per heavy atom. The molecular weight excluding hydrogens is 304 g/mol. The van der Waals surface area contributed by atoms with Crippen molar-refractivity contribution in [2.75, 3.05) is 14.2 Å². The highest BCUT2D eigenvalue weighted by Crippen LogP contribution is 2.30. The fourth-order valence-corrected chi connectivity index (χ4v) is 2.62. The third kappa shape index (κ3) is 2.82. The van der Waals surface area contributed by atoms with Crippen molar-refractivity contribution in [2.45, 2.75) is 6.54 Å². The molecule has 0 saturated carbocycles. The number of nitriles is 1. The quantitative estimate of drug-likeness (QED) is 0.741. The molecule has 0 bridgehead atoms. The number of benzene rings is 2. The van der Waals surface area contributed by atoms with E-state index < -0.39 is 0 Å². The highest BCUT2D eigenvalue weighted by atomic mass is 16.5. The Kier molecular flexibility index (Phi) is 4.21. The van der Waals surface area contributed by atoms with Crippen molar-refractivity contribution in [3.8, 4) is 17.6 Å². The molecule has 2 aromatic carbocycles. The van der Waals surface area contributed by atoms with Gasteiger partial charge in [-0.25, -0.2) is 0 Å². The fourth-order valence-electron chi connectivity index (χ4n) is 2.62. The molecule has 0 fully saturated rings. The van der Waals surface area contributed by atoms with E-state index in [1.807, 2.05) is 18.2 Å². The summed E-state index contributed by atoms with van der Waals surface area (Å²) in [6.07, 6.45) is 1.76. The van der Waals surface area contributed by atoms with Crippen LogP contribution in [0.3, 0.4) is 0 Å². The molecule has 0 amide bonds. The lowest BCUT2D eigenvalue weighted by Gasteiger charge is -2.11. The van der Waals surface area contributed by atoms with Gasteiger partial charge in [0.05, 0.1) is 37.8 Å². The predicted molar refractivity (Wildman–Crippen MR) is 91.6 cm³/mol. The molecule has 0 aliphatic carbocycles. The van der Waals surface area contributed by atoms with Gasteiger partial charge in [0.2, 0.25) is 0 Å². The summed E-state index contributed by atoms with van der Waals surface area (Å²) in [6, 6.07) is 14.6. The van der Waals surface area contributed by atoms with E-state index in [0.717, 1.165) is 10.9 Å². The maximum Gasteiger partial charge on any atom is 0.258 e. The van der Waals surface area contributed by atoms with Gasteiger partial charge in [-0.3, -0.25) is 4.79 Å². The number of fused-ring (bicyclic) bond motifs is 1. The molecule has 0 saturated heterocycles. The summed E-state index contributed by atoms with van der Waals surface area (Å²) in [4.78, 5) is 12.7. The van der Waals surface area contributed by atoms with Crippen LogP contribution in [-0.4, -0.2) is 18.8 Å². The van der Waals surface area contributed by atoms with Crippen LogP contribution in [-0.2, 0) is 6.54 Å². The number of aromatic nitrogens is 1. The average Bonchev–Trinajstić information content (AvgIpc) is 2.63. The van der Waals surface area contributed by atoms with E-state index >= 15 is 0 Å². The number of methoxy groups -OCH3 is 2. The minimum absolute atomic E-state index is 0.0992. The summed E-state index contributed by atoms with van der Waals surface area (Å²) in [5, 5.41) is 10.2. The molecule has 0 spiro atoms. The third-order valence-corrected chi connectivity index (χ3v) is 3.92. The van der Waals surface area contributed by atoms with E-state index in [0.29, 0.717) is 29.0 Å². The molecule has 0 radical (unpaired) electrons. The lowest BCUT2D eigenvalue weighted by Crippen LogP contribution is -2.20. The van der Waals surface area contributed by atoms with E-state index in [1.165, 1.54) is 0 Å². The maximum absolute atomic E-state index is 12.7. The van der Waals surface area contributed by atoms with Gasteiger partial charge in [-0.05, 0) is 41.3 Å². The van der Waals surface area contributed by atoms with Crippen molar-refractivity contribution in [2.24, 2.45) is 0 Å². The van der Waals surface area contributed by atoms with E-state index in [4.69, 9.17) is 14.7 Å². The van der Waals surface area contributed by atoms with Crippen molar-refractivity contribution in [3.05, 3.63) is 70.1 Å². The van der Waals surface area contributed by atoms with Crippen molar-refractivity contribution in [3.63, 3.8) is 0 Å². The average molecular weight is 320 g/mol. The topological polar surface area (TPSA) is 64.2 Å². The van der Waals surface area contributed by atoms with Gasteiger partial charge in [0.1, 0.15) is 0 Å². The molecule has 0 aliphatic heterocycles. The molecule has 0 atom stereocenters. The van der Waals surface area contributed by atoms with Gasteiger partial charge in [0.15, 0.2) is 11.5 Å². The first-order chi connectivity index (χ1) is 11.7. The van der Waals surface area contributed by atoms with Gasteiger partial charge in [0, 0.05) is 6.20 Å². The molecule has 3 aromatic rings. The summed E-state index contributed by atoms with van der Waals surface area (Å²) in [5.74, 6) is 1.12. The summed E-state index contributed by atoms with van der Waals surface area (Å²) in [6.45, 7) is 0.439. The van der Waals surface area contributed by atoms with Gasteiger partial charge < -0.3 is 14.0 Å². The lowest BCUT2D eigenvalue weighted by molar-refractivity contribution is 0.356. The van der Waals surface area contributed by atoms with E-state index in [-0.39, 0.29) is 5.56 Å². The number of nitrogens with zero attached hydrogens (tertiary/aromatic N) is 2. The highest BCUT2D eigenvalue weighted by Gasteiger charge is 2.10. The molecule has 0 N–H and O–H groups in total. The summed E-state index contributed by atoms with van der Waals surface area (Å²) in [5.41, 5.74) is 1.45. The lowest BCUT2D eigenvalue weighted by atomic mass is 10.1. The second-order valence-electron chi connectivity index (χ2n) is 5.35. The third-order valence-electron chi connectivity index (χ3n) is 3.92. The standard InChI is InChI=1S/C19H16N2O3/c1-23-17-9-15-7-8-21(19(22)16(15)10-18(17)24-2)12-14-5-3-13(11-20)4-6-14/h3-10H,12H2,1-2H3. The van der Waals surface area contributed by atoms with Gasteiger partial charge in [-0.1, -0.05) is 12.1 Å². The van der Waals surface area contributed by atoms with Crippen molar-refractivity contribution in [1.82, 2.24) is 4.57 Å². The predicted octanol–water partition coefficient (Wildman–Crippen LogP) is 2.94. The first kappa shape index (κ1) is 15.6. The Hall–Kier alpha value is -3.26. The molecule has 1 heterocycles. The van der Waals surface area contributed by atoms with Crippen molar-refractivity contribution < 1.29 is 9.47 Å². The first-order valence-electron chi connectivity index (χ1n) is 7.40. The Bertz CT molecular complexity index is 982. The van der Waals surface area contributed by atoms with E-state index in [1.54, 1.807) is 49.2 Å². The summed E-state index contributed by atoms with van der Waals surface area (Å²) >= 11 is 0. The van der Waals surface area contributed by atoms with Crippen molar-refractivity contribution >= 4 is 10.8 Å². The smallest absolute Gasteiger partial charge is 0.258 e. The maximum atomic E-state index is 12.7. The van der Waals surface area contributed by atoms with Gasteiger partial charge in [-0.2, -0.15) is 5.26 Å². The largest absolute Gasteiger partial charge is 0.493 e. The molecule has 5 nitrogen and oxygen atoms in total. The minimum atomic E-state index is -0.0992. The molecule has 0 unspecified atom stereocenters. The number of hydrogen-bond acceptors (Lipinski definition) is 4. The number of rotatable bonds is 4. The van der Waals surface area contributed by atoms with Crippen LogP contribution in [0.4, 0.5) is 0 Å². The second-order valence-corrected chi connectivity index (χ2v) is 5.35. The van der Waals surface area contributed by atoms with E-state index in [9.17, 15) is 4.79 Å². The Morgan fingerprint density at radius 3 is 2.33 bits per heavy atom. The summed E-state index contributed by atoms with van der Waals surface area (Å²) < 4.78 is 12.2. The molecule has 0 aliphatic rings. The Morgan fingerprint density at radius 1 is 1.04 bits per heavy atom. The van der Waals surface area contributed by atoms with Gasteiger partial charge >= 0.3 is 0 Å². The minimum Gasteiger partial charge on any atom is -0.493 e. The van der Waals surface area contributed by atoms with Gasteiger partial charge in [0.25, 0.3) is 5.56 Å². The van der Waals surface area contributed by atoms with Crippen LogP contribution in [0.2, 0.25) is 0 Å². The zero-order valence-corrected chi connectivity index (χ0v) is 13.4. The zero-order valence-electron chi connectivity index (χ0n) is 13.4. The molecule has 3 rings (SSSR count). The Balaban J connectivity index is 2.04. The van der Waals surface area contributed by atoms with Crippen LogP contribution >= 0.6 is 0 Å². The van der Waals surface area contributed by atoms with E-state index in [2.05, 4.69) is 6.07 Å². The number of hydrogen-bond donors (Lipinski definition) is 0. The van der Waals surface area contributed by atoms with Crippen LogP contribution in [0, 0.1) is 11.3 Å². The molecule has 120 valence electrons. The summed E-state index contributed by atoms with van der Waals surface area (Å²) in [7, 11) is 3.11. The van der Waals surface area contributed by atoms with Crippen LogP contribution in [0.5, 0.6) is 11.5 Å². The highest BCUT2D eigenvalue weighted by molar-refractivity contribution is 5.85. The van der Waals surface area contributed by atoms with Crippen LogP contribution in [0.1, 0.15) is 11.1 Å². The molecule has 1 aromatic heterocycles. The Labute approximate surface area is 139 Å². The number of pyridine rings is 1. The SMILES string of the molecule is COc1cc2ccn(Cc3ccc(C#N)cc3)c(=O)c2cc1OC. The first-order valence-corrected chi connectivity index (χ1v) is 7.40. The number of ether oxygens (including phenoxy) is 2. The van der Waals surface area contributed by atoms with Crippen LogP contribution < -0.4 is 15.0 Å². The van der Waals surface area contributed by atoms with Crippen LogP contribution in [0.15, 0.2) is 53.5 Å².